The van der Waals surface area contributed by atoms with Gasteiger partial charge >= 0.3 is 0 Å². The SMILES string of the molecule is C=c1cc([N+](=O)[O-])cc/c1=C/N(C)C(C)C. The molecule has 1 rings (SSSR count). The summed E-state index contributed by atoms with van der Waals surface area (Å²) in [7, 11) is 1.96. The number of nitrogens with zero attached hydrogens (tertiary/aromatic N) is 2. The number of nitro groups is 1. The molecule has 0 bridgehead atoms. The number of nitro benzene ring substituents is 1. The van der Waals surface area contributed by atoms with E-state index in [-0.39, 0.29) is 5.69 Å². The fourth-order valence-corrected chi connectivity index (χ4v) is 1.20. The lowest BCUT2D eigenvalue weighted by atomic mass is 10.2. The van der Waals surface area contributed by atoms with Gasteiger partial charge in [0, 0.05) is 31.4 Å². The van der Waals surface area contributed by atoms with Crippen LogP contribution in [0.4, 0.5) is 5.69 Å². The van der Waals surface area contributed by atoms with E-state index in [0.29, 0.717) is 11.3 Å². The smallest absolute Gasteiger partial charge is 0.270 e. The second-order valence-corrected chi connectivity index (χ2v) is 4.03. The summed E-state index contributed by atoms with van der Waals surface area (Å²) in [6.07, 6.45) is 1.94. The molecule has 0 saturated carbocycles. The van der Waals surface area contributed by atoms with E-state index in [1.165, 1.54) is 12.1 Å². The van der Waals surface area contributed by atoms with Crippen LogP contribution in [-0.4, -0.2) is 22.9 Å². The Kier molecular flexibility index (Phi) is 3.66. The summed E-state index contributed by atoms with van der Waals surface area (Å²) in [6.45, 7) is 7.96. The Labute approximate surface area is 94.7 Å². The topological polar surface area (TPSA) is 46.4 Å². The molecule has 0 heterocycles. The van der Waals surface area contributed by atoms with Crippen molar-refractivity contribution in [3.8, 4) is 0 Å². The lowest BCUT2D eigenvalue weighted by Gasteiger charge is -2.18. The van der Waals surface area contributed by atoms with Gasteiger partial charge in [-0.15, -0.1) is 0 Å². The highest BCUT2D eigenvalue weighted by Crippen LogP contribution is 2.03. The van der Waals surface area contributed by atoms with Crippen LogP contribution in [0.1, 0.15) is 13.8 Å². The van der Waals surface area contributed by atoms with E-state index in [1.54, 1.807) is 6.07 Å². The quantitative estimate of drug-likeness (QED) is 0.565. The zero-order chi connectivity index (χ0) is 12.3. The summed E-state index contributed by atoms with van der Waals surface area (Å²) < 4.78 is 0. The Hall–Kier alpha value is -1.84. The van der Waals surface area contributed by atoms with Gasteiger partial charge in [0.1, 0.15) is 0 Å². The van der Waals surface area contributed by atoms with E-state index in [9.17, 15) is 10.1 Å². The highest BCUT2D eigenvalue weighted by molar-refractivity contribution is 5.35. The van der Waals surface area contributed by atoms with Crippen LogP contribution in [0.15, 0.2) is 18.2 Å². The van der Waals surface area contributed by atoms with Crippen molar-refractivity contribution in [2.45, 2.75) is 19.9 Å². The molecule has 0 fully saturated rings. The van der Waals surface area contributed by atoms with Crippen LogP contribution in [-0.2, 0) is 0 Å². The molecule has 0 atom stereocenters. The Morgan fingerprint density at radius 2 is 2.12 bits per heavy atom. The fraction of sp³-hybridized carbons (Fsp3) is 0.333. The first kappa shape index (κ1) is 12.2. The molecule has 0 N–H and O–H groups in total. The number of hydrogen-bond donors (Lipinski definition) is 0. The molecule has 0 saturated heterocycles. The normalized spacial score (nSPS) is 11.9. The van der Waals surface area contributed by atoms with E-state index in [0.717, 1.165) is 5.22 Å². The molecule has 4 nitrogen and oxygen atoms in total. The van der Waals surface area contributed by atoms with Gasteiger partial charge in [-0.05, 0) is 30.4 Å². The van der Waals surface area contributed by atoms with Gasteiger partial charge in [0.05, 0.1) is 4.92 Å². The Balaban J connectivity index is 3.19. The molecule has 4 heteroatoms. The average Bonchev–Trinajstić information content (AvgIpc) is 2.20. The summed E-state index contributed by atoms with van der Waals surface area (Å²) in [5.41, 5.74) is 0.0781. The van der Waals surface area contributed by atoms with Gasteiger partial charge in [-0.3, -0.25) is 10.1 Å². The van der Waals surface area contributed by atoms with Crippen LogP contribution >= 0.6 is 0 Å². The van der Waals surface area contributed by atoms with E-state index in [4.69, 9.17) is 0 Å². The molecular weight excluding hydrogens is 204 g/mol. The highest BCUT2D eigenvalue weighted by atomic mass is 16.6. The molecule has 0 amide bonds. The molecule has 0 radical (unpaired) electrons. The predicted molar refractivity (Wildman–Crippen MR) is 65.2 cm³/mol. The molecule has 0 aliphatic heterocycles. The van der Waals surface area contributed by atoms with Crippen molar-refractivity contribution < 1.29 is 4.92 Å². The molecule has 16 heavy (non-hydrogen) atoms. The Bertz CT molecular complexity index is 494. The first-order valence-electron chi connectivity index (χ1n) is 5.09. The van der Waals surface area contributed by atoms with E-state index in [1.807, 2.05) is 18.1 Å². The third-order valence-electron chi connectivity index (χ3n) is 2.49. The highest BCUT2D eigenvalue weighted by Gasteiger charge is 2.03. The van der Waals surface area contributed by atoms with Gasteiger partial charge in [-0.2, -0.15) is 0 Å². The van der Waals surface area contributed by atoms with Crippen molar-refractivity contribution in [2.75, 3.05) is 7.05 Å². The maximum absolute atomic E-state index is 10.6. The van der Waals surface area contributed by atoms with Crippen molar-refractivity contribution >= 4 is 18.5 Å². The summed E-state index contributed by atoms with van der Waals surface area (Å²) in [4.78, 5) is 12.2. The summed E-state index contributed by atoms with van der Waals surface area (Å²) in [5.74, 6) is 0. The molecule has 0 aliphatic carbocycles. The fourth-order valence-electron chi connectivity index (χ4n) is 1.20. The third-order valence-corrected chi connectivity index (χ3v) is 2.49. The second-order valence-electron chi connectivity index (χ2n) is 4.03. The standard InChI is InChI=1S/C12H16N2O2/c1-9(2)13(4)8-11-5-6-12(14(15)16)7-10(11)3/h5-9H,3H2,1-2,4H3/b11-8-. The molecule has 0 aromatic heterocycles. The summed E-state index contributed by atoms with van der Waals surface area (Å²) in [5, 5.41) is 12.1. The van der Waals surface area contributed by atoms with Crippen molar-refractivity contribution in [1.29, 1.82) is 0 Å². The molecule has 1 aromatic rings. The Morgan fingerprint density at radius 3 is 2.56 bits per heavy atom. The number of non-ortho nitro benzene ring substituents is 1. The average molecular weight is 220 g/mol. The van der Waals surface area contributed by atoms with Gasteiger partial charge < -0.3 is 4.90 Å². The predicted octanol–water partition coefficient (Wildman–Crippen LogP) is 1.08. The van der Waals surface area contributed by atoms with Crippen molar-refractivity contribution in [1.82, 2.24) is 4.90 Å². The van der Waals surface area contributed by atoms with Gasteiger partial charge in [-0.25, -0.2) is 0 Å². The van der Waals surface area contributed by atoms with Gasteiger partial charge in [0.2, 0.25) is 0 Å². The summed E-state index contributed by atoms with van der Waals surface area (Å²) >= 11 is 0. The molecule has 86 valence electrons. The van der Waals surface area contributed by atoms with Crippen molar-refractivity contribution in [3.63, 3.8) is 0 Å². The lowest BCUT2D eigenvalue weighted by molar-refractivity contribution is -0.385. The molecule has 0 unspecified atom stereocenters. The largest absolute Gasteiger partial charge is 0.377 e. The minimum atomic E-state index is -0.412. The Morgan fingerprint density at radius 1 is 1.50 bits per heavy atom. The first-order chi connectivity index (χ1) is 7.41. The van der Waals surface area contributed by atoms with Gasteiger partial charge in [-0.1, -0.05) is 6.58 Å². The van der Waals surface area contributed by atoms with Crippen LogP contribution in [0, 0.1) is 10.1 Å². The maximum atomic E-state index is 10.6. The van der Waals surface area contributed by atoms with Crippen molar-refractivity contribution in [3.05, 3.63) is 38.8 Å². The van der Waals surface area contributed by atoms with Crippen LogP contribution in [0.2, 0.25) is 0 Å². The zero-order valence-corrected chi connectivity index (χ0v) is 9.80. The minimum absolute atomic E-state index is 0.0781. The van der Waals surface area contributed by atoms with Gasteiger partial charge in [0.25, 0.3) is 5.69 Å². The molecule has 1 aromatic carbocycles. The van der Waals surface area contributed by atoms with Crippen LogP contribution in [0.5, 0.6) is 0 Å². The van der Waals surface area contributed by atoms with E-state index < -0.39 is 4.92 Å². The second kappa shape index (κ2) is 4.79. The summed E-state index contributed by atoms with van der Waals surface area (Å²) in [6, 6.07) is 5.09. The monoisotopic (exact) mass is 220 g/mol. The molecule has 0 aliphatic rings. The van der Waals surface area contributed by atoms with Crippen LogP contribution in [0.25, 0.3) is 12.8 Å². The number of hydrogen-bond acceptors (Lipinski definition) is 3. The van der Waals surface area contributed by atoms with Crippen LogP contribution < -0.4 is 10.4 Å². The van der Waals surface area contributed by atoms with E-state index in [2.05, 4.69) is 20.4 Å². The number of benzene rings is 1. The zero-order valence-electron chi connectivity index (χ0n) is 9.80. The first-order valence-corrected chi connectivity index (χ1v) is 5.09. The molecular formula is C12H16N2O2. The van der Waals surface area contributed by atoms with Crippen molar-refractivity contribution in [2.24, 2.45) is 0 Å². The lowest BCUT2D eigenvalue weighted by Crippen LogP contribution is -2.29. The maximum Gasteiger partial charge on any atom is 0.270 e. The third kappa shape index (κ3) is 2.82. The van der Waals surface area contributed by atoms with Gasteiger partial charge in [0.15, 0.2) is 0 Å². The molecule has 0 spiro atoms. The van der Waals surface area contributed by atoms with Crippen LogP contribution in [0.3, 0.4) is 0 Å². The minimum Gasteiger partial charge on any atom is -0.377 e. The number of rotatable bonds is 3. The van der Waals surface area contributed by atoms with E-state index >= 15 is 0 Å².